The van der Waals surface area contributed by atoms with E-state index in [9.17, 15) is 0 Å². The molecular weight excluding hydrogens is 232 g/mol. The molecule has 1 N–H and O–H groups in total. The molecule has 0 amide bonds. The monoisotopic (exact) mass is 258 g/mol. The molecule has 1 aliphatic heterocycles. The molecule has 0 aromatic heterocycles. The highest BCUT2D eigenvalue weighted by molar-refractivity contribution is 5.14. The number of nitrogens with zero attached hydrogens (tertiary/aromatic N) is 1. The number of hydrogen-bond donors (Lipinski definition) is 1. The molecular formula is C17H26N2. The fourth-order valence-corrected chi connectivity index (χ4v) is 3.24. The van der Waals surface area contributed by atoms with E-state index < -0.39 is 0 Å². The molecule has 1 aromatic rings. The Labute approximate surface area is 117 Å². The van der Waals surface area contributed by atoms with Crippen LogP contribution in [0.5, 0.6) is 0 Å². The van der Waals surface area contributed by atoms with Crippen LogP contribution in [0, 0.1) is 5.92 Å². The molecule has 0 bridgehead atoms. The summed E-state index contributed by atoms with van der Waals surface area (Å²) in [6, 6.07) is 11.6. The van der Waals surface area contributed by atoms with Crippen molar-refractivity contribution in [1.29, 1.82) is 0 Å². The standard InChI is InChI=1S/C17H26N2/c1-2-6-16(7-3-1)13-19-11-5-10-17(14-19)18-12-15-8-4-9-15/h1-3,6-7,15,17-18H,4-5,8-14H2. The zero-order valence-electron chi connectivity index (χ0n) is 11.9. The summed E-state index contributed by atoms with van der Waals surface area (Å²) in [7, 11) is 0. The van der Waals surface area contributed by atoms with Gasteiger partial charge in [0, 0.05) is 19.1 Å². The largest absolute Gasteiger partial charge is 0.312 e. The molecule has 19 heavy (non-hydrogen) atoms. The zero-order chi connectivity index (χ0) is 12.9. The summed E-state index contributed by atoms with van der Waals surface area (Å²) in [4.78, 5) is 2.61. The van der Waals surface area contributed by atoms with Crippen molar-refractivity contribution >= 4 is 0 Å². The Morgan fingerprint density at radius 2 is 1.89 bits per heavy atom. The van der Waals surface area contributed by atoms with Gasteiger partial charge < -0.3 is 5.32 Å². The Morgan fingerprint density at radius 3 is 2.63 bits per heavy atom. The van der Waals surface area contributed by atoms with E-state index in [1.165, 1.54) is 57.3 Å². The fraction of sp³-hybridized carbons (Fsp3) is 0.647. The molecule has 1 saturated heterocycles. The lowest BCUT2D eigenvalue weighted by atomic mass is 9.85. The second-order valence-corrected chi connectivity index (χ2v) is 6.27. The predicted octanol–water partition coefficient (Wildman–Crippen LogP) is 3.04. The van der Waals surface area contributed by atoms with E-state index >= 15 is 0 Å². The molecule has 0 radical (unpaired) electrons. The Morgan fingerprint density at radius 1 is 1.05 bits per heavy atom. The molecule has 3 rings (SSSR count). The van der Waals surface area contributed by atoms with Gasteiger partial charge in [-0.2, -0.15) is 0 Å². The highest BCUT2D eigenvalue weighted by Gasteiger charge is 2.22. The minimum Gasteiger partial charge on any atom is -0.312 e. The van der Waals surface area contributed by atoms with Crippen LogP contribution in [0.25, 0.3) is 0 Å². The molecule has 1 aromatic carbocycles. The summed E-state index contributed by atoms with van der Waals surface area (Å²) in [6.07, 6.45) is 7.06. The van der Waals surface area contributed by atoms with Crippen LogP contribution < -0.4 is 5.32 Å². The Hall–Kier alpha value is -0.860. The lowest BCUT2D eigenvalue weighted by Crippen LogP contribution is -2.47. The molecule has 2 heteroatoms. The van der Waals surface area contributed by atoms with Gasteiger partial charge in [-0.05, 0) is 50.3 Å². The summed E-state index contributed by atoms with van der Waals surface area (Å²) >= 11 is 0. The van der Waals surface area contributed by atoms with Gasteiger partial charge in [0.25, 0.3) is 0 Å². The van der Waals surface area contributed by atoms with E-state index in [1.54, 1.807) is 0 Å². The molecule has 2 nitrogen and oxygen atoms in total. The SMILES string of the molecule is c1ccc(CN2CCCC(NCC3CCC3)C2)cc1. The average Bonchev–Trinajstić information content (AvgIpc) is 2.39. The maximum Gasteiger partial charge on any atom is 0.0234 e. The van der Waals surface area contributed by atoms with Crippen LogP contribution in [-0.4, -0.2) is 30.6 Å². The van der Waals surface area contributed by atoms with Crippen LogP contribution >= 0.6 is 0 Å². The Bertz CT molecular complexity index is 372. The highest BCUT2D eigenvalue weighted by atomic mass is 15.2. The van der Waals surface area contributed by atoms with Gasteiger partial charge >= 0.3 is 0 Å². The van der Waals surface area contributed by atoms with E-state index in [0.29, 0.717) is 0 Å². The first-order chi connectivity index (χ1) is 9.40. The van der Waals surface area contributed by atoms with Gasteiger partial charge in [0.15, 0.2) is 0 Å². The van der Waals surface area contributed by atoms with Gasteiger partial charge in [-0.25, -0.2) is 0 Å². The summed E-state index contributed by atoms with van der Waals surface area (Å²) in [5, 5.41) is 3.80. The van der Waals surface area contributed by atoms with Gasteiger partial charge in [-0.15, -0.1) is 0 Å². The minimum absolute atomic E-state index is 0.720. The first-order valence-electron chi connectivity index (χ1n) is 7.90. The van der Waals surface area contributed by atoms with Gasteiger partial charge in [0.05, 0.1) is 0 Å². The van der Waals surface area contributed by atoms with Crippen LogP contribution in [0.15, 0.2) is 30.3 Å². The number of likely N-dealkylation sites (tertiary alicyclic amines) is 1. The molecule has 1 saturated carbocycles. The van der Waals surface area contributed by atoms with Crippen molar-refractivity contribution in [3.8, 4) is 0 Å². The molecule has 1 heterocycles. The molecule has 2 aliphatic rings. The van der Waals surface area contributed by atoms with E-state index in [0.717, 1.165) is 18.5 Å². The number of rotatable bonds is 5. The van der Waals surface area contributed by atoms with E-state index in [1.807, 2.05) is 0 Å². The Balaban J connectivity index is 1.44. The number of piperidine rings is 1. The normalized spacial score (nSPS) is 25.2. The van der Waals surface area contributed by atoms with E-state index in [2.05, 4.69) is 40.5 Å². The molecule has 2 fully saturated rings. The predicted molar refractivity (Wildman–Crippen MR) is 80.1 cm³/mol. The van der Waals surface area contributed by atoms with Crippen molar-refractivity contribution in [2.45, 2.75) is 44.7 Å². The summed E-state index contributed by atoms with van der Waals surface area (Å²) in [5.74, 6) is 0.976. The van der Waals surface area contributed by atoms with Crippen molar-refractivity contribution in [3.63, 3.8) is 0 Å². The maximum atomic E-state index is 3.80. The maximum absolute atomic E-state index is 3.80. The quantitative estimate of drug-likeness (QED) is 0.873. The van der Waals surface area contributed by atoms with Crippen molar-refractivity contribution < 1.29 is 0 Å². The van der Waals surface area contributed by atoms with Gasteiger partial charge in [-0.3, -0.25) is 4.90 Å². The first-order valence-corrected chi connectivity index (χ1v) is 7.90. The van der Waals surface area contributed by atoms with Gasteiger partial charge in [0.1, 0.15) is 0 Å². The third-order valence-corrected chi connectivity index (χ3v) is 4.67. The molecule has 1 aliphatic carbocycles. The minimum atomic E-state index is 0.720. The van der Waals surface area contributed by atoms with E-state index in [4.69, 9.17) is 0 Å². The van der Waals surface area contributed by atoms with Crippen molar-refractivity contribution in [1.82, 2.24) is 10.2 Å². The van der Waals surface area contributed by atoms with Crippen LogP contribution in [0.2, 0.25) is 0 Å². The van der Waals surface area contributed by atoms with Crippen molar-refractivity contribution in [2.75, 3.05) is 19.6 Å². The molecule has 104 valence electrons. The van der Waals surface area contributed by atoms with Crippen LogP contribution in [0.4, 0.5) is 0 Å². The molecule has 0 spiro atoms. The lowest BCUT2D eigenvalue weighted by molar-refractivity contribution is 0.173. The topological polar surface area (TPSA) is 15.3 Å². The number of hydrogen-bond acceptors (Lipinski definition) is 2. The smallest absolute Gasteiger partial charge is 0.0234 e. The highest BCUT2D eigenvalue weighted by Crippen LogP contribution is 2.25. The van der Waals surface area contributed by atoms with Crippen LogP contribution in [-0.2, 0) is 6.54 Å². The number of nitrogens with one attached hydrogen (secondary N) is 1. The molecule has 1 atom stereocenters. The fourth-order valence-electron chi connectivity index (χ4n) is 3.24. The molecule has 1 unspecified atom stereocenters. The summed E-state index contributed by atoms with van der Waals surface area (Å²) < 4.78 is 0. The van der Waals surface area contributed by atoms with Crippen molar-refractivity contribution in [3.05, 3.63) is 35.9 Å². The third kappa shape index (κ3) is 3.80. The van der Waals surface area contributed by atoms with Gasteiger partial charge in [0.2, 0.25) is 0 Å². The summed E-state index contributed by atoms with van der Waals surface area (Å²) in [6.45, 7) is 4.85. The first kappa shape index (κ1) is 13.1. The number of benzene rings is 1. The second kappa shape index (κ2) is 6.53. The Kier molecular flexibility index (Phi) is 4.52. The van der Waals surface area contributed by atoms with Gasteiger partial charge in [-0.1, -0.05) is 36.8 Å². The van der Waals surface area contributed by atoms with Crippen LogP contribution in [0.3, 0.4) is 0 Å². The van der Waals surface area contributed by atoms with Crippen molar-refractivity contribution in [2.24, 2.45) is 5.92 Å². The zero-order valence-corrected chi connectivity index (χ0v) is 11.9. The average molecular weight is 258 g/mol. The third-order valence-electron chi connectivity index (χ3n) is 4.67. The summed E-state index contributed by atoms with van der Waals surface area (Å²) in [5.41, 5.74) is 1.45. The second-order valence-electron chi connectivity index (χ2n) is 6.27. The lowest BCUT2D eigenvalue weighted by Gasteiger charge is -2.35. The van der Waals surface area contributed by atoms with Crippen LogP contribution in [0.1, 0.15) is 37.7 Å². The van der Waals surface area contributed by atoms with E-state index in [-0.39, 0.29) is 0 Å².